The molecule has 0 saturated heterocycles. The first-order valence-corrected chi connectivity index (χ1v) is 12.8. The van der Waals surface area contributed by atoms with Gasteiger partial charge in [0, 0.05) is 35.7 Å². The zero-order chi connectivity index (χ0) is 26.4. The number of nitrogen functional groups attached to an aromatic ring is 1. The van der Waals surface area contributed by atoms with Crippen LogP contribution < -0.4 is 16.0 Å². The Hall–Kier alpha value is -4.58. The smallest absolute Gasteiger partial charge is 0.412 e. The number of nitrogens with zero attached hydrogens (tertiary/aromatic N) is 1. The first-order chi connectivity index (χ1) is 18.4. The molecular weight excluding hydrogens is 474 g/mol. The summed E-state index contributed by atoms with van der Waals surface area (Å²) in [6, 6.07) is 29.8. The van der Waals surface area contributed by atoms with Gasteiger partial charge < -0.3 is 15.4 Å². The van der Waals surface area contributed by atoms with Gasteiger partial charge in [-0.25, -0.2) is 4.79 Å². The molecular formula is C32H29N3O3. The summed E-state index contributed by atoms with van der Waals surface area (Å²) in [7, 11) is 0. The quantitative estimate of drug-likeness (QED) is 0.307. The average Bonchev–Trinajstić information content (AvgIpc) is 3.23. The Labute approximate surface area is 222 Å². The van der Waals surface area contributed by atoms with E-state index >= 15 is 0 Å². The normalized spacial score (nSPS) is 17.8. The number of hydrogen-bond acceptors (Lipinski definition) is 4. The molecule has 1 aliphatic heterocycles. The molecule has 38 heavy (non-hydrogen) atoms. The van der Waals surface area contributed by atoms with Gasteiger partial charge in [-0.05, 0) is 40.8 Å². The summed E-state index contributed by atoms with van der Waals surface area (Å²) in [6.07, 6.45) is -0.356. The molecule has 2 aliphatic rings. The number of rotatable bonds is 3. The van der Waals surface area contributed by atoms with Crippen LogP contribution in [0.5, 0.6) is 0 Å². The number of nitrogens with one attached hydrogen (secondary N) is 1. The van der Waals surface area contributed by atoms with Gasteiger partial charge in [0.25, 0.3) is 0 Å². The molecule has 1 atom stereocenters. The summed E-state index contributed by atoms with van der Waals surface area (Å²) < 4.78 is 5.99. The number of nitrogens with two attached hydrogens (primary N) is 1. The number of carbonyl (C=O) groups excluding carboxylic acids is 2. The largest absolute Gasteiger partial charge is 0.436 e. The number of ether oxygens (including phenoxy) is 1. The minimum Gasteiger partial charge on any atom is -0.436 e. The van der Waals surface area contributed by atoms with E-state index in [1.165, 1.54) is 0 Å². The molecule has 0 radical (unpaired) electrons. The van der Waals surface area contributed by atoms with Gasteiger partial charge >= 0.3 is 6.09 Å². The molecule has 6 nitrogen and oxygen atoms in total. The van der Waals surface area contributed by atoms with Crippen molar-refractivity contribution in [2.24, 2.45) is 0 Å². The van der Waals surface area contributed by atoms with Crippen LogP contribution >= 0.6 is 0 Å². The molecule has 0 saturated carbocycles. The van der Waals surface area contributed by atoms with E-state index in [1.807, 2.05) is 72.8 Å². The fraction of sp³-hybridized carbons (Fsp3) is 0.188. The van der Waals surface area contributed by atoms with Crippen molar-refractivity contribution < 1.29 is 14.3 Å². The topological polar surface area (TPSA) is 84.7 Å². The van der Waals surface area contributed by atoms with Crippen molar-refractivity contribution in [3.05, 3.63) is 113 Å². The lowest BCUT2D eigenvalue weighted by atomic mass is 9.70. The molecule has 6 heteroatoms. The standard InChI is InChI=1S/C32H29N3O3/c1-20(36)35-17-16-32(2,21-10-4-3-5-11-21)26-18-28(27(33)19-29(26)35)34-31(37)38-30-24-14-8-6-12-22(24)23-13-7-9-15-25(23)30/h3-15,18-19,30H,16-17,33H2,1-2H3,(H,34,37). The first-order valence-electron chi connectivity index (χ1n) is 12.8. The average molecular weight is 504 g/mol. The zero-order valence-corrected chi connectivity index (χ0v) is 21.4. The maximum Gasteiger partial charge on any atom is 0.412 e. The second kappa shape index (κ2) is 9.06. The molecule has 6 rings (SSSR count). The Kier molecular flexibility index (Phi) is 5.68. The highest BCUT2D eigenvalue weighted by Gasteiger charge is 2.39. The van der Waals surface area contributed by atoms with E-state index in [2.05, 4.69) is 24.4 Å². The molecule has 1 heterocycles. The lowest BCUT2D eigenvalue weighted by molar-refractivity contribution is -0.116. The van der Waals surface area contributed by atoms with Crippen molar-refractivity contribution in [2.45, 2.75) is 31.8 Å². The van der Waals surface area contributed by atoms with E-state index in [9.17, 15) is 9.59 Å². The summed E-state index contributed by atoms with van der Waals surface area (Å²) in [5, 5.41) is 2.89. The fourth-order valence-corrected chi connectivity index (χ4v) is 5.88. The van der Waals surface area contributed by atoms with E-state index < -0.39 is 12.2 Å². The van der Waals surface area contributed by atoms with E-state index in [0.717, 1.165) is 45.5 Å². The molecule has 4 aromatic carbocycles. The maximum atomic E-state index is 13.3. The molecule has 0 bridgehead atoms. The van der Waals surface area contributed by atoms with Gasteiger partial charge in [0.2, 0.25) is 5.91 Å². The van der Waals surface area contributed by atoms with Crippen LogP contribution in [0, 0.1) is 0 Å². The Morgan fingerprint density at radius 3 is 2.16 bits per heavy atom. The van der Waals surface area contributed by atoms with Gasteiger partial charge in [0.1, 0.15) is 0 Å². The third-order valence-electron chi connectivity index (χ3n) is 7.92. The predicted molar refractivity (Wildman–Crippen MR) is 150 cm³/mol. The Bertz CT molecular complexity index is 1520. The van der Waals surface area contributed by atoms with Crippen molar-refractivity contribution in [2.75, 3.05) is 22.5 Å². The van der Waals surface area contributed by atoms with E-state index in [0.29, 0.717) is 17.9 Å². The minimum atomic E-state index is -0.589. The van der Waals surface area contributed by atoms with Crippen LogP contribution in [0.15, 0.2) is 91.0 Å². The van der Waals surface area contributed by atoms with Gasteiger partial charge in [-0.2, -0.15) is 0 Å². The molecule has 4 aromatic rings. The van der Waals surface area contributed by atoms with Crippen LogP contribution in [0.4, 0.5) is 21.9 Å². The van der Waals surface area contributed by atoms with Crippen LogP contribution in [-0.2, 0) is 14.9 Å². The Morgan fingerprint density at radius 1 is 0.921 bits per heavy atom. The minimum absolute atomic E-state index is 0.0422. The molecule has 0 fully saturated rings. The zero-order valence-electron chi connectivity index (χ0n) is 21.4. The Morgan fingerprint density at radius 2 is 1.53 bits per heavy atom. The van der Waals surface area contributed by atoms with Crippen molar-refractivity contribution in [3.8, 4) is 11.1 Å². The molecule has 0 aromatic heterocycles. The van der Waals surface area contributed by atoms with Crippen molar-refractivity contribution >= 4 is 29.1 Å². The maximum absolute atomic E-state index is 13.3. The van der Waals surface area contributed by atoms with Crippen molar-refractivity contribution in [3.63, 3.8) is 0 Å². The van der Waals surface area contributed by atoms with Gasteiger partial charge in [0.15, 0.2) is 6.10 Å². The van der Waals surface area contributed by atoms with Crippen LogP contribution in [0.2, 0.25) is 0 Å². The number of anilines is 3. The van der Waals surface area contributed by atoms with E-state index in [4.69, 9.17) is 10.5 Å². The number of amides is 2. The summed E-state index contributed by atoms with van der Waals surface area (Å²) in [5.41, 5.74) is 13.8. The SMILES string of the molecule is CC(=O)N1CCC(C)(c2ccccc2)c2cc(NC(=O)OC3c4ccccc4-c4ccccc43)c(N)cc21. The number of benzene rings is 4. The van der Waals surface area contributed by atoms with Crippen LogP contribution in [0.1, 0.15) is 48.6 Å². The fourth-order valence-electron chi connectivity index (χ4n) is 5.88. The summed E-state index contributed by atoms with van der Waals surface area (Å²) in [5.74, 6) is -0.0422. The highest BCUT2D eigenvalue weighted by atomic mass is 16.6. The van der Waals surface area contributed by atoms with Crippen molar-refractivity contribution in [1.29, 1.82) is 0 Å². The molecule has 190 valence electrons. The van der Waals surface area contributed by atoms with Gasteiger partial charge in [-0.15, -0.1) is 0 Å². The molecule has 2 amide bonds. The van der Waals surface area contributed by atoms with Gasteiger partial charge in [-0.1, -0.05) is 85.8 Å². The summed E-state index contributed by atoms with van der Waals surface area (Å²) in [6.45, 7) is 4.32. The van der Waals surface area contributed by atoms with Crippen LogP contribution in [-0.4, -0.2) is 18.5 Å². The third-order valence-corrected chi connectivity index (χ3v) is 7.92. The Balaban J connectivity index is 1.35. The van der Waals surface area contributed by atoms with Crippen LogP contribution in [0.3, 0.4) is 0 Å². The summed E-state index contributed by atoms with van der Waals surface area (Å²) in [4.78, 5) is 27.5. The molecule has 3 N–H and O–H groups in total. The van der Waals surface area contributed by atoms with Gasteiger partial charge in [-0.3, -0.25) is 10.1 Å². The van der Waals surface area contributed by atoms with Gasteiger partial charge in [0.05, 0.1) is 11.4 Å². The third kappa shape index (κ3) is 3.80. The number of hydrogen-bond donors (Lipinski definition) is 2. The van der Waals surface area contributed by atoms with E-state index in [-0.39, 0.29) is 11.3 Å². The highest BCUT2D eigenvalue weighted by molar-refractivity contribution is 5.97. The molecule has 1 unspecified atom stereocenters. The number of carbonyl (C=O) groups is 2. The van der Waals surface area contributed by atoms with Crippen LogP contribution in [0.25, 0.3) is 11.1 Å². The highest BCUT2D eigenvalue weighted by Crippen LogP contribution is 2.48. The monoisotopic (exact) mass is 503 g/mol. The first kappa shape index (κ1) is 23.8. The predicted octanol–water partition coefficient (Wildman–Crippen LogP) is 6.65. The number of fused-ring (bicyclic) bond motifs is 4. The second-order valence-electron chi connectivity index (χ2n) is 10.2. The lowest BCUT2D eigenvalue weighted by Gasteiger charge is -2.42. The van der Waals surface area contributed by atoms with Crippen molar-refractivity contribution in [1.82, 2.24) is 0 Å². The van der Waals surface area contributed by atoms with E-state index in [1.54, 1.807) is 17.9 Å². The molecule has 0 spiro atoms. The molecule has 1 aliphatic carbocycles. The second-order valence-corrected chi connectivity index (χ2v) is 10.2. The lowest BCUT2D eigenvalue weighted by Crippen LogP contribution is -2.42. The summed E-state index contributed by atoms with van der Waals surface area (Å²) >= 11 is 0.